The Kier molecular flexibility index (Phi) is 3.09. The first-order chi connectivity index (χ1) is 6.40. The summed E-state index contributed by atoms with van der Waals surface area (Å²) in [5.41, 5.74) is -0.513. The summed E-state index contributed by atoms with van der Waals surface area (Å²) in [6, 6.07) is 0. The Labute approximate surface area is 81.4 Å². The average molecular weight is 208 g/mol. The zero-order valence-electron chi connectivity index (χ0n) is 8.31. The highest BCUT2D eigenvalue weighted by molar-refractivity contribution is 5.76. The van der Waals surface area contributed by atoms with E-state index in [0.717, 1.165) is 6.42 Å². The smallest absolute Gasteiger partial charge is 0.376 e. The highest BCUT2D eigenvalue weighted by atomic mass is 19.3. The zero-order valence-corrected chi connectivity index (χ0v) is 8.31. The van der Waals surface area contributed by atoms with Crippen LogP contribution < -0.4 is 0 Å². The van der Waals surface area contributed by atoms with Crippen LogP contribution in [0.15, 0.2) is 0 Å². The van der Waals surface area contributed by atoms with E-state index in [2.05, 4.69) is 4.74 Å². The first-order valence-corrected chi connectivity index (χ1v) is 4.59. The van der Waals surface area contributed by atoms with Gasteiger partial charge < -0.3 is 9.47 Å². The van der Waals surface area contributed by atoms with Crippen molar-refractivity contribution in [2.45, 2.75) is 38.2 Å². The number of hydrogen-bond donors (Lipinski definition) is 0. The molecule has 0 radical (unpaired) electrons. The van der Waals surface area contributed by atoms with Crippen LogP contribution >= 0.6 is 0 Å². The summed E-state index contributed by atoms with van der Waals surface area (Å²) in [4.78, 5) is 10.7. The minimum atomic E-state index is -3.42. The van der Waals surface area contributed by atoms with Crippen molar-refractivity contribution >= 4 is 5.97 Å². The topological polar surface area (TPSA) is 35.5 Å². The van der Waals surface area contributed by atoms with Gasteiger partial charge in [0.25, 0.3) is 0 Å². The van der Waals surface area contributed by atoms with Crippen molar-refractivity contribution in [3.63, 3.8) is 0 Å². The summed E-state index contributed by atoms with van der Waals surface area (Å²) >= 11 is 0. The molecular formula is C9H14F2O3. The Bertz CT molecular complexity index is 213. The summed E-state index contributed by atoms with van der Waals surface area (Å²) in [6.45, 7) is 2.92. The molecule has 0 spiro atoms. The quantitative estimate of drug-likeness (QED) is 0.660. The van der Waals surface area contributed by atoms with Gasteiger partial charge in [0.1, 0.15) is 12.2 Å². The Morgan fingerprint density at radius 1 is 1.64 bits per heavy atom. The van der Waals surface area contributed by atoms with E-state index in [1.165, 1.54) is 0 Å². The molecule has 0 aromatic rings. The summed E-state index contributed by atoms with van der Waals surface area (Å²) in [6.07, 6.45) is 1.42. The molecule has 0 saturated carbocycles. The Morgan fingerprint density at radius 3 is 2.50 bits per heavy atom. The second kappa shape index (κ2) is 3.81. The van der Waals surface area contributed by atoms with Gasteiger partial charge in [-0.15, -0.1) is 0 Å². The standard InChI is InChI=1S/C9H14F2O3/c1-3-9(4-5-14-9)6-13-7(12)8(2,10)11/h3-6H2,1-2H3. The van der Waals surface area contributed by atoms with E-state index in [0.29, 0.717) is 20.0 Å². The lowest BCUT2D eigenvalue weighted by Gasteiger charge is -2.40. The van der Waals surface area contributed by atoms with Crippen LogP contribution in [0.1, 0.15) is 26.7 Å². The number of halogens is 2. The molecule has 1 aliphatic rings. The van der Waals surface area contributed by atoms with Crippen molar-refractivity contribution in [1.29, 1.82) is 0 Å². The lowest BCUT2D eigenvalue weighted by molar-refractivity contribution is -0.202. The maximum absolute atomic E-state index is 12.4. The van der Waals surface area contributed by atoms with Crippen LogP contribution in [0.5, 0.6) is 0 Å². The highest BCUT2D eigenvalue weighted by Gasteiger charge is 2.41. The molecule has 1 rings (SSSR count). The molecule has 0 aromatic carbocycles. The molecule has 0 amide bonds. The first-order valence-electron chi connectivity index (χ1n) is 4.59. The maximum atomic E-state index is 12.4. The highest BCUT2D eigenvalue weighted by Crippen LogP contribution is 2.30. The molecule has 1 unspecified atom stereocenters. The Hall–Kier alpha value is -0.710. The van der Waals surface area contributed by atoms with Crippen molar-refractivity contribution in [1.82, 2.24) is 0 Å². The van der Waals surface area contributed by atoms with Crippen molar-refractivity contribution < 1.29 is 23.0 Å². The van der Waals surface area contributed by atoms with E-state index in [9.17, 15) is 13.6 Å². The van der Waals surface area contributed by atoms with Crippen LogP contribution in [0.25, 0.3) is 0 Å². The van der Waals surface area contributed by atoms with Gasteiger partial charge in [-0.2, -0.15) is 8.78 Å². The molecule has 1 fully saturated rings. The third-order valence-electron chi connectivity index (χ3n) is 2.44. The van der Waals surface area contributed by atoms with Crippen LogP contribution in [0.2, 0.25) is 0 Å². The largest absolute Gasteiger partial charge is 0.458 e. The number of rotatable bonds is 4. The van der Waals surface area contributed by atoms with E-state index < -0.39 is 17.5 Å². The fraction of sp³-hybridized carbons (Fsp3) is 0.889. The van der Waals surface area contributed by atoms with Crippen LogP contribution in [0.4, 0.5) is 8.78 Å². The van der Waals surface area contributed by atoms with Gasteiger partial charge in [-0.25, -0.2) is 4.79 Å². The van der Waals surface area contributed by atoms with E-state index in [1.807, 2.05) is 6.92 Å². The Morgan fingerprint density at radius 2 is 2.21 bits per heavy atom. The van der Waals surface area contributed by atoms with Gasteiger partial charge in [0.05, 0.1) is 6.61 Å². The molecular weight excluding hydrogens is 194 g/mol. The van der Waals surface area contributed by atoms with Gasteiger partial charge in [0, 0.05) is 13.3 Å². The predicted molar refractivity (Wildman–Crippen MR) is 45.2 cm³/mol. The third kappa shape index (κ3) is 2.41. The van der Waals surface area contributed by atoms with Crippen LogP contribution in [0.3, 0.4) is 0 Å². The van der Waals surface area contributed by atoms with Gasteiger partial charge in [-0.1, -0.05) is 6.92 Å². The number of alkyl halides is 2. The molecule has 0 N–H and O–H groups in total. The fourth-order valence-corrected chi connectivity index (χ4v) is 1.21. The maximum Gasteiger partial charge on any atom is 0.376 e. The van der Waals surface area contributed by atoms with E-state index >= 15 is 0 Å². The molecule has 1 atom stereocenters. The van der Waals surface area contributed by atoms with Gasteiger partial charge >= 0.3 is 11.9 Å². The fourth-order valence-electron chi connectivity index (χ4n) is 1.21. The summed E-state index contributed by atoms with van der Waals surface area (Å²) in [5, 5.41) is 0. The van der Waals surface area contributed by atoms with Crippen molar-refractivity contribution in [3.05, 3.63) is 0 Å². The number of ether oxygens (including phenoxy) is 2. The zero-order chi connectivity index (χ0) is 10.8. The SMILES string of the molecule is CCC1(COC(=O)C(C)(F)F)CCO1. The van der Waals surface area contributed by atoms with Gasteiger partial charge in [0.15, 0.2) is 0 Å². The monoisotopic (exact) mass is 208 g/mol. The van der Waals surface area contributed by atoms with E-state index in [4.69, 9.17) is 4.74 Å². The first kappa shape index (κ1) is 11.4. The molecule has 1 heterocycles. The normalized spacial score (nSPS) is 26.9. The second-order valence-corrected chi connectivity index (χ2v) is 3.60. The van der Waals surface area contributed by atoms with Gasteiger partial charge in [0.2, 0.25) is 0 Å². The van der Waals surface area contributed by atoms with Crippen LogP contribution in [-0.2, 0) is 14.3 Å². The average Bonchev–Trinajstić information content (AvgIpc) is 2.01. The summed E-state index contributed by atoms with van der Waals surface area (Å²) < 4.78 is 34.5. The predicted octanol–water partition coefficient (Wildman–Crippen LogP) is 1.75. The summed E-state index contributed by atoms with van der Waals surface area (Å²) in [7, 11) is 0. The minimum absolute atomic E-state index is 0.0776. The molecule has 0 aromatic heterocycles. The number of carbonyl (C=O) groups excluding carboxylic acids is 1. The molecule has 3 nitrogen and oxygen atoms in total. The van der Waals surface area contributed by atoms with Crippen molar-refractivity contribution in [2.24, 2.45) is 0 Å². The van der Waals surface area contributed by atoms with E-state index in [-0.39, 0.29) is 6.61 Å². The second-order valence-electron chi connectivity index (χ2n) is 3.60. The minimum Gasteiger partial charge on any atom is -0.458 e. The molecule has 14 heavy (non-hydrogen) atoms. The number of esters is 1. The Balaban J connectivity index is 2.36. The lowest BCUT2D eigenvalue weighted by atomic mass is 9.93. The van der Waals surface area contributed by atoms with Gasteiger partial charge in [-0.05, 0) is 6.42 Å². The van der Waals surface area contributed by atoms with Crippen molar-refractivity contribution in [3.8, 4) is 0 Å². The van der Waals surface area contributed by atoms with Crippen LogP contribution in [-0.4, -0.2) is 30.7 Å². The third-order valence-corrected chi connectivity index (χ3v) is 2.44. The lowest BCUT2D eigenvalue weighted by Crippen LogP contribution is -2.48. The van der Waals surface area contributed by atoms with Gasteiger partial charge in [-0.3, -0.25) is 0 Å². The van der Waals surface area contributed by atoms with E-state index in [1.54, 1.807) is 0 Å². The molecule has 1 saturated heterocycles. The summed E-state index contributed by atoms with van der Waals surface area (Å²) in [5.74, 6) is -4.90. The molecule has 5 heteroatoms. The van der Waals surface area contributed by atoms with Crippen LogP contribution in [0, 0.1) is 0 Å². The number of carbonyl (C=O) groups is 1. The molecule has 82 valence electrons. The van der Waals surface area contributed by atoms with Crippen molar-refractivity contribution in [2.75, 3.05) is 13.2 Å². The molecule has 0 aliphatic carbocycles. The molecule has 0 bridgehead atoms. The number of hydrogen-bond acceptors (Lipinski definition) is 3. The molecule has 1 aliphatic heterocycles.